The summed E-state index contributed by atoms with van der Waals surface area (Å²) in [7, 11) is 0. The zero-order valence-corrected chi connectivity index (χ0v) is 15.4. The molecular weight excluding hydrogens is 379 g/mol. The number of aromatic amines is 1. The maximum absolute atomic E-state index is 14.5. The van der Waals surface area contributed by atoms with Crippen LogP contribution in [0.3, 0.4) is 0 Å². The van der Waals surface area contributed by atoms with Crippen LogP contribution in [0.15, 0.2) is 36.4 Å². The molecule has 0 spiro atoms. The second kappa shape index (κ2) is 7.04. The number of halogens is 3. The predicted molar refractivity (Wildman–Crippen MR) is 106 cm³/mol. The van der Waals surface area contributed by atoms with Gasteiger partial charge in [0.25, 0.3) is 0 Å². The molecule has 148 valence electrons. The number of nitrogens with zero attached hydrogens (tertiary/aromatic N) is 2. The highest BCUT2D eigenvalue weighted by Gasteiger charge is 2.22. The van der Waals surface area contributed by atoms with E-state index < -0.39 is 17.5 Å². The van der Waals surface area contributed by atoms with E-state index in [1.54, 1.807) is 6.07 Å². The number of hydrogen-bond donors (Lipinski definition) is 3. The van der Waals surface area contributed by atoms with Crippen molar-refractivity contribution in [3.63, 3.8) is 0 Å². The number of aromatic nitrogens is 3. The first-order valence-corrected chi connectivity index (χ1v) is 9.51. The van der Waals surface area contributed by atoms with Gasteiger partial charge in [0.2, 0.25) is 0 Å². The number of fused-ring (bicyclic) bond motifs is 3. The van der Waals surface area contributed by atoms with Gasteiger partial charge in [-0.05, 0) is 56.3 Å². The van der Waals surface area contributed by atoms with Crippen molar-refractivity contribution in [3.8, 4) is 11.3 Å². The number of H-pyrrole nitrogens is 1. The lowest BCUT2D eigenvalue weighted by atomic mass is 10.0. The van der Waals surface area contributed by atoms with Gasteiger partial charge in [0.05, 0.1) is 16.8 Å². The molecule has 2 aromatic heterocycles. The van der Waals surface area contributed by atoms with Crippen molar-refractivity contribution < 1.29 is 13.2 Å². The van der Waals surface area contributed by atoms with Crippen LogP contribution in [0, 0.1) is 17.5 Å². The summed E-state index contributed by atoms with van der Waals surface area (Å²) < 4.78 is 43.1. The molecule has 29 heavy (non-hydrogen) atoms. The van der Waals surface area contributed by atoms with Crippen LogP contribution < -0.4 is 10.6 Å². The lowest BCUT2D eigenvalue weighted by Crippen LogP contribution is -2.35. The summed E-state index contributed by atoms with van der Waals surface area (Å²) in [5.74, 6) is -1.49. The van der Waals surface area contributed by atoms with Crippen LogP contribution in [0.2, 0.25) is 0 Å². The van der Waals surface area contributed by atoms with Crippen molar-refractivity contribution in [2.24, 2.45) is 0 Å². The molecule has 0 bridgehead atoms. The van der Waals surface area contributed by atoms with Gasteiger partial charge in [-0.25, -0.2) is 18.2 Å². The Kier molecular flexibility index (Phi) is 4.35. The molecule has 3 heterocycles. The van der Waals surface area contributed by atoms with E-state index >= 15 is 0 Å². The first-order chi connectivity index (χ1) is 14.1. The standard InChI is InChI=1S/C21H18F3N5/c22-11-4-5-13-14(10-11)18(17-15(23)2-1-3-16(17)24)27-20-19(13)28-29-21(20)26-12-6-8-25-9-7-12/h1-5,10,12,25H,6-9H2,(H2,26,28,29). The Hall–Kier alpha value is -3.13. The summed E-state index contributed by atoms with van der Waals surface area (Å²) >= 11 is 0. The second-order valence-corrected chi connectivity index (χ2v) is 7.21. The summed E-state index contributed by atoms with van der Waals surface area (Å²) in [6, 6.07) is 7.97. The number of anilines is 1. The largest absolute Gasteiger partial charge is 0.364 e. The summed E-state index contributed by atoms with van der Waals surface area (Å²) in [6.07, 6.45) is 1.86. The quantitative estimate of drug-likeness (QED) is 0.481. The molecule has 2 aromatic carbocycles. The average Bonchev–Trinajstić information content (AvgIpc) is 3.11. The number of rotatable bonds is 3. The maximum Gasteiger partial charge on any atom is 0.174 e. The summed E-state index contributed by atoms with van der Waals surface area (Å²) in [5.41, 5.74) is 0.841. The summed E-state index contributed by atoms with van der Waals surface area (Å²) in [4.78, 5) is 4.54. The van der Waals surface area contributed by atoms with Gasteiger partial charge in [-0.2, -0.15) is 5.10 Å². The molecular formula is C21H18F3N5. The molecule has 0 amide bonds. The fourth-order valence-electron chi connectivity index (χ4n) is 3.91. The van der Waals surface area contributed by atoms with Crippen LogP contribution in [0.4, 0.5) is 19.0 Å². The Morgan fingerprint density at radius 2 is 1.72 bits per heavy atom. The monoisotopic (exact) mass is 397 g/mol. The molecule has 0 atom stereocenters. The number of benzene rings is 2. The maximum atomic E-state index is 14.5. The Bertz CT molecular complexity index is 1190. The van der Waals surface area contributed by atoms with Crippen molar-refractivity contribution in [1.29, 1.82) is 0 Å². The minimum Gasteiger partial charge on any atom is -0.364 e. The molecule has 0 aliphatic carbocycles. The van der Waals surface area contributed by atoms with Gasteiger partial charge in [-0.1, -0.05) is 6.07 Å². The third-order valence-corrected chi connectivity index (χ3v) is 5.35. The molecule has 0 radical (unpaired) electrons. The highest BCUT2D eigenvalue weighted by molar-refractivity contribution is 6.11. The Labute approximate surface area is 164 Å². The van der Waals surface area contributed by atoms with E-state index in [1.807, 2.05) is 0 Å². The highest BCUT2D eigenvalue weighted by atomic mass is 19.1. The first kappa shape index (κ1) is 17.9. The van der Waals surface area contributed by atoms with Crippen molar-refractivity contribution in [2.45, 2.75) is 18.9 Å². The lowest BCUT2D eigenvalue weighted by Gasteiger charge is -2.23. The third kappa shape index (κ3) is 3.09. The molecule has 4 aromatic rings. The van der Waals surface area contributed by atoms with Crippen molar-refractivity contribution >= 4 is 27.6 Å². The van der Waals surface area contributed by atoms with Crippen LogP contribution >= 0.6 is 0 Å². The zero-order valence-electron chi connectivity index (χ0n) is 15.4. The van der Waals surface area contributed by atoms with Crippen LogP contribution in [-0.2, 0) is 0 Å². The Balaban J connectivity index is 1.76. The van der Waals surface area contributed by atoms with Gasteiger partial charge >= 0.3 is 0 Å². The highest BCUT2D eigenvalue weighted by Crippen LogP contribution is 2.36. The molecule has 1 saturated heterocycles. The fraction of sp³-hybridized carbons (Fsp3) is 0.238. The normalized spacial score (nSPS) is 15.3. The van der Waals surface area contributed by atoms with E-state index in [0.717, 1.165) is 25.9 Å². The van der Waals surface area contributed by atoms with E-state index in [4.69, 9.17) is 0 Å². The van der Waals surface area contributed by atoms with E-state index in [1.165, 1.54) is 30.3 Å². The number of piperidine rings is 1. The topological polar surface area (TPSA) is 65.6 Å². The van der Waals surface area contributed by atoms with Crippen molar-refractivity contribution in [2.75, 3.05) is 18.4 Å². The Morgan fingerprint density at radius 1 is 0.966 bits per heavy atom. The van der Waals surface area contributed by atoms with Gasteiger partial charge in [0.1, 0.15) is 23.0 Å². The van der Waals surface area contributed by atoms with Crippen LogP contribution in [0.25, 0.3) is 33.1 Å². The zero-order chi connectivity index (χ0) is 20.0. The number of nitrogens with one attached hydrogen (secondary N) is 3. The van der Waals surface area contributed by atoms with Gasteiger partial charge in [-0.15, -0.1) is 0 Å². The van der Waals surface area contributed by atoms with E-state index in [9.17, 15) is 13.2 Å². The minimum atomic E-state index is -0.751. The van der Waals surface area contributed by atoms with Crippen LogP contribution in [0.5, 0.6) is 0 Å². The minimum absolute atomic E-state index is 0.0531. The molecule has 1 fully saturated rings. The third-order valence-electron chi connectivity index (χ3n) is 5.35. The van der Waals surface area contributed by atoms with Gasteiger partial charge in [-0.3, -0.25) is 5.10 Å². The Morgan fingerprint density at radius 3 is 2.48 bits per heavy atom. The predicted octanol–water partition coefficient (Wildman–Crippen LogP) is 4.36. The molecule has 1 aliphatic rings. The molecule has 3 N–H and O–H groups in total. The SMILES string of the molecule is Fc1ccc2c(c1)c(-c1c(F)cccc1F)nc1c(NC3CCNCC3)n[nH]c12. The molecule has 5 nitrogen and oxygen atoms in total. The summed E-state index contributed by atoms with van der Waals surface area (Å²) in [5, 5.41) is 14.9. The van der Waals surface area contributed by atoms with Gasteiger partial charge in [0.15, 0.2) is 5.82 Å². The van der Waals surface area contributed by atoms with Crippen LogP contribution in [0.1, 0.15) is 12.8 Å². The van der Waals surface area contributed by atoms with Gasteiger partial charge in [0, 0.05) is 16.8 Å². The van der Waals surface area contributed by atoms with Gasteiger partial charge < -0.3 is 10.6 Å². The summed E-state index contributed by atoms with van der Waals surface area (Å²) in [6.45, 7) is 1.81. The second-order valence-electron chi connectivity index (χ2n) is 7.21. The average molecular weight is 397 g/mol. The molecule has 1 aliphatic heterocycles. The molecule has 0 unspecified atom stereocenters. The number of pyridine rings is 1. The van der Waals surface area contributed by atoms with Crippen LogP contribution in [-0.4, -0.2) is 34.3 Å². The fourth-order valence-corrected chi connectivity index (χ4v) is 3.91. The van der Waals surface area contributed by atoms with E-state index in [2.05, 4.69) is 25.8 Å². The van der Waals surface area contributed by atoms with Crippen molar-refractivity contribution in [1.82, 2.24) is 20.5 Å². The lowest BCUT2D eigenvalue weighted by molar-refractivity contribution is 0.478. The molecule has 0 saturated carbocycles. The van der Waals surface area contributed by atoms with E-state index in [0.29, 0.717) is 27.6 Å². The first-order valence-electron chi connectivity index (χ1n) is 9.51. The van der Waals surface area contributed by atoms with Crippen molar-refractivity contribution in [3.05, 3.63) is 53.8 Å². The van der Waals surface area contributed by atoms with E-state index in [-0.39, 0.29) is 17.3 Å². The molecule has 8 heteroatoms. The smallest absolute Gasteiger partial charge is 0.174 e. The number of hydrogen-bond acceptors (Lipinski definition) is 4. The molecule has 5 rings (SSSR count).